The second kappa shape index (κ2) is 15.4. The van der Waals surface area contributed by atoms with E-state index in [9.17, 15) is 8.42 Å². The van der Waals surface area contributed by atoms with Gasteiger partial charge >= 0.3 is 0 Å². The van der Waals surface area contributed by atoms with Crippen molar-refractivity contribution in [3.8, 4) is 0 Å². The molecule has 9 heteroatoms. The van der Waals surface area contributed by atoms with Crippen molar-refractivity contribution in [2.45, 2.75) is 39.5 Å². The van der Waals surface area contributed by atoms with Gasteiger partial charge < -0.3 is 15.7 Å². The lowest BCUT2D eigenvalue weighted by atomic mass is 10.0. The van der Waals surface area contributed by atoms with Crippen LogP contribution in [0.5, 0.6) is 0 Å². The van der Waals surface area contributed by atoms with Gasteiger partial charge in [-0.3, -0.25) is 4.99 Å². The molecule has 0 heterocycles. The lowest BCUT2D eigenvalue weighted by molar-refractivity contribution is 0.253. The fraction of sp³-hybridized carbons (Fsp3) is 0.929. The number of nitrogens with one attached hydrogen (secondary N) is 3. The third-order valence-corrected chi connectivity index (χ3v) is 3.82. The third kappa shape index (κ3) is 16.5. The minimum Gasteiger partial charge on any atom is -0.396 e. The van der Waals surface area contributed by atoms with Crippen molar-refractivity contribution in [1.29, 1.82) is 0 Å². The molecule has 0 radical (unpaired) electrons. The Morgan fingerprint density at radius 3 is 2.39 bits per heavy atom. The lowest BCUT2D eigenvalue weighted by Gasteiger charge is -2.15. The molecule has 0 fully saturated rings. The topological polar surface area (TPSA) is 103 Å². The molecule has 0 saturated heterocycles. The van der Waals surface area contributed by atoms with Crippen molar-refractivity contribution in [2.24, 2.45) is 10.9 Å². The molecule has 0 amide bonds. The quantitative estimate of drug-likeness (QED) is 0.149. The predicted octanol–water partition coefficient (Wildman–Crippen LogP) is 0.898. The molecule has 4 N–H and O–H groups in total. The number of aliphatic hydroxyl groups excluding tert-OH is 1. The van der Waals surface area contributed by atoms with Crippen LogP contribution < -0.4 is 15.4 Å². The Hall–Kier alpha value is -0.130. The summed E-state index contributed by atoms with van der Waals surface area (Å²) in [5.41, 5.74) is 0. The zero-order valence-electron chi connectivity index (χ0n) is 14.5. The number of hydrogen-bond donors (Lipinski definition) is 4. The highest BCUT2D eigenvalue weighted by molar-refractivity contribution is 14.0. The third-order valence-electron chi connectivity index (χ3n) is 3.10. The molecule has 1 atom stereocenters. The normalized spacial score (nSPS) is 13.3. The molecular weight excluding hydrogens is 431 g/mol. The first-order valence-electron chi connectivity index (χ1n) is 8.00. The van der Waals surface area contributed by atoms with Gasteiger partial charge in [-0.1, -0.05) is 13.3 Å². The van der Waals surface area contributed by atoms with Gasteiger partial charge in [0.1, 0.15) is 0 Å². The summed E-state index contributed by atoms with van der Waals surface area (Å²) < 4.78 is 24.3. The maximum atomic E-state index is 10.9. The summed E-state index contributed by atoms with van der Waals surface area (Å²) >= 11 is 0. The lowest BCUT2D eigenvalue weighted by Crippen LogP contribution is -2.39. The molecule has 7 nitrogen and oxygen atoms in total. The smallest absolute Gasteiger partial charge is 0.208 e. The molecule has 0 aromatic carbocycles. The van der Waals surface area contributed by atoms with Crippen LogP contribution in [0.15, 0.2) is 4.99 Å². The zero-order valence-corrected chi connectivity index (χ0v) is 17.6. The Balaban J connectivity index is 0. The van der Waals surface area contributed by atoms with Gasteiger partial charge in [-0.2, -0.15) is 0 Å². The Morgan fingerprint density at radius 1 is 1.17 bits per heavy atom. The second-order valence-corrected chi connectivity index (χ2v) is 7.17. The molecule has 0 aliphatic carbocycles. The molecule has 23 heavy (non-hydrogen) atoms. The molecule has 0 spiro atoms. The first-order valence-corrected chi connectivity index (χ1v) is 9.89. The van der Waals surface area contributed by atoms with E-state index in [2.05, 4.69) is 27.3 Å². The Morgan fingerprint density at radius 2 is 1.87 bits per heavy atom. The summed E-state index contributed by atoms with van der Waals surface area (Å²) in [6, 6.07) is 0. The molecule has 0 aromatic heterocycles. The second-order valence-electron chi connectivity index (χ2n) is 5.33. The van der Waals surface area contributed by atoms with E-state index in [0.29, 0.717) is 32.0 Å². The fourth-order valence-electron chi connectivity index (χ4n) is 2.03. The number of guanidine groups is 1. The zero-order chi connectivity index (χ0) is 16.8. The van der Waals surface area contributed by atoms with Crippen molar-refractivity contribution < 1.29 is 13.5 Å². The number of aliphatic imine (C=N–C) groups is 1. The Bertz CT molecular complexity index is 399. The van der Waals surface area contributed by atoms with Crippen LogP contribution >= 0.6 is 24.0 Å². The van der Waals surface area contributed by atoms with E-state index >= 15 is 0 Å². The molecule has 0 aliphatic heterocycles. The van der Waals surface area contributed by atoms with Gasteiger partial charge in [0.15, 0.2) is 5.96 Å². The summed E-state index contributed by atoms with van der Waals surface area (Å²) in [5.74, 6) is 1.14. The van der Waals surface area contributed by atoms with Gasteiger partial charge in [0.05, 0.1) is 6.26 Å². The molecule has 0 aromatic rings. The number of hydrogen-bond acceptors (Lipinski definition) is 4. The van der Waals surface area contributed by atoms with E-state index in [1.54, 1.807) is 0 Å². The van der Waals surface area contributed by atoms with Crippen LogP contribution in [-0.4, -0.2) is 58.5 Å². The summed E-state index contributed by atoms with van der Waals surface area (Å²) in [6.45, 7) is 6.84. The van der Waals surface area contributed by atoms with Gasteiger partial charge in [0.25, 0.3) is 0 Å². The van der Waals surface area contributed by atoms with Crippen LogP contribution in [0.25, 0.3) is 0 Å². The monoisotopic (exact) mass is 464 g/mol. The minimum atomic E-state index is -3.12. The average Bonchev–Trinajstić information content (AvgIpc) is 2.43. The highest BCUT2D eigenvalue weighted by Gasteiger charge is 2.07. The predicted molar refractivity (Wildman–Crippen MR) is 107 cm³/mol. The van der Waals surface area contributed by atoms with Crippen LogP contribution in [0.3, 0.4) is 0 Å². The first kappa shape index (κ1) is 25.1. The van der Waals surface area contributed by atoms with Gasteiger partial charge in [-0.15, -0.1) is 24.0 Å². The maximum Gasteiger partial charge on any atom is 0.208 e. The molecule has 140 valence electrons. The van der Waals surface area contributed by atoms with Gasteiger partial charge in [-0.05, 0) is 32.1 Å². The van der Waals surface area contributed by atoms with Gasteiger partial charge in [0, 0.05) is 32.8 Å². The number of nitrogens with zero attached hydrogens (tertiary/aromatic N) is 1. The average molecular weight is 464 g/mol. The highest BCUT2D eigenvalue weighted by Crippen LogP contribution is 2.10. The van der Waals surface area contributed by atoms with Gasteiger partial charge in [-0.25, -0.2) is 13.1 Å². The minimum absolute atomic E-state index is 0. The van der Waals surface area contributed by atoms with E-state index in [0.717, 1.165) is 38.0 Å². The van der Waals surface area contributed by atoms with Crippen LogP contribution in [0.2, 0.25) is 0 Å². The van der Waals surface area contributed by atoms with Crippen LogP contribution in [0.1, 0.15) is 39.5 Å². The van der Waals surface area contributed by atoms with Crippen molar-refractivity contribution in [3.63, 3.8) is 0 Å². The molecule has 0 bridgehead atoms. The molecule has 0 aliphatic rings. The first-order chi connectivity index (χ1) is 10.4. The largest absolute Gasteiger partial charge is 0.396 e. The van der Waals surface area contributed by atoms with Crippen molar-refractivity contribution in [3.05, 3.63) is 0 Å². The number of halogens is 1. The van der Waals surface area contributed by atoms with E-state index < -0.39 is 10.0 Å². The maximum absolute atomic E-state index is 10.9. The van der Waals surface area contributed by atoms with E-state index in [-0.39, 0.29) is 30.6 Å². The van der Waals surface area contributed by atoms with E-state index in [1.165, 1.54) is 0 Å². The Labute approximate surface area is 158 Å². The summed E-state index contributed by atoms with van der Waals surface area (Å²) in [6.07, 6.45) is 4.76. The summed E-state index contributed by atoms with van der Waals surface area (Å²) in [7, 11) is -3.12. The molecule has 1 unspecified atom stereocenters. The molecule has 0 saturated carbocycles. The fourth-order valence-corrected chi connectivity index (χ4v) is 2.55. The van der Waals surface area contributed by atoms with E-state index in [4.69, 9.17) is 5.11 Å². The summed E-state index contributed by atoms with van der Waals surface area (Å²) in [4.78, 5) is 4.54. The van der Waals surface area contributed by atoms with Crippen LogP contribution in [0.4, 0.5) is 0 Å². The van der Waals surface area contributed by atoms with Crippen LogP contribution in [-0.2, 0) is 10.0 Å². The van der Waals surface area contributed by atoms with E-state index in [1.807, 2.05) is 6.92 Å². The number of sulfonamides is 1. The van der Waals surface area contributed by atoms with Crippen molar-refractivity contribution in [1.82, 2.24) is 15.4 Å². The van der Waals surface area contributed by atoms with Gasteiger partial charge in [0.2, 0.25) is 10.0 Å². The van der Waals surface area contributed by atoms with Crippen molar-refractivity contribution in [2.75, 3.05) is 39.0 Å². The highest BCUT2D eigenvalue weighted by atomic mass is 127. The number of aliphatic hydroxyl groups is 1. The number of rotatable bonds is 12. The van der Waals surface area contributed by atoms with Crippen LogP contribution in [0, 0.1) is 5.92 Å². The summed E-state index contributed by atoms with van der Waals surface area (Å²) in [5, 5.41) is 15.4. The standard InChI is InChI=1S/C14H32N4O3S.HI/c1-4-7-13(8-11-19)12-17-14(15-5-2)16-9-6-10-18-22(3,20)21;/h13,18-19H,4-12H2,1-3H3,(H2,15,16,17);1H. The molecule has 0 rings (SSSR count). The SMILES string of the molecule is CCCC(CCO)CN=C(NCC)NCCCNS(C)(=O)=O.I. The van der Waals surface area contributed by atoms with Crippen molar-refractivity contribution >= 4 is 40.0 Å². The molecular formula is C14H33IN4O3S. The Kier molecular flexibility index (Phi) is 16.8.